The Labute approximate surface area is 223 Å². The highest BCUT2D eigenvalue weighted by atomic mass is 79.9. The van der Waals surface area contributed by atoms with Crippen molar-refractivity contribution >= 4 is 57.2 Å². The summed E-state index contributed by atoms with van der Waals surface area (Å²) < 4.78 is 16.9. The Hall–Kier alpha value is -2.49. The van der Waals surface area contributed by atoms with Crippen molar-refractivity contribution in [2.24, 2.45) is 11.0 Å². The number of benzene rings is 2. The van der Waals surface area contributed by atoms with Gasteiger partial charge in [-0.2, -0.15) is 5.10 Å². The van der Waals surface area contributed by atoms with Gasteiger partial charge < -0.3 is 19.5 Å². The average molecular weight is 589 g/mol. The number of carbonyl (C=O) groups excluding carboxylic acids is 2. The molecule has 0 bridgehead atoms. The van der Waals surface area contributed by atoms with Crippen molar-refractivity contribution in [2.45, 2.75) is 39.3 Å². The molecule has 0 fully saturated rings. The Morgan fingerprint density at radius 2 is 1.69 bits per heavy atom. The molecule has 2 aromatic carbocycles. The van der Waals surface area contributed by atoms with E-state index in [4.69, 9.17) is 37.4 Å². The van der Waals surface area contributed by atoms with Crippen molar-refractivity contribution in [1.82, 2.24) is 10.7 Å². The lowest BCUT2D eigenvalue weighted by molar-refractivity contribution is -0.132. The molecule has 190 valence electrons. The second-order valence-corrected chi connectivity index (χ2v) is 9.69. The Balaban J connectivity index is 2.07. The van der Waals surface area contributed by atoms with Gasteiger partial charge in [-0.05, 0) is 65.5 Å². The molecule has 11 heteroatoms. The summed E-state index contributed by atoms with van der Waals surface area (Å²) in [7, 11) is 3.07. The van der Waals surface area contributed by atoms with Crippen LogP contribution in [0.5, 0.6) is 17.2 Å². The second-order valence-electron chi connectivity index (χ2n) is 7.99. The Kier molecular flexibility index (Phi) is 11.1. The van der Waals surface area contributed by atoms with Crippen molar-refractivity contribution in [1.29, 1.82) is 0 Å². The highest BCUT2D eigenvalue weighted by Gasteiger charge is 2.25. The first kappa shape index (κ1) is 28.7. The third kappa shape index (κ3) is 8.59. The molecule has 2 atom stereocenters. The lowest BCUT2D eigenvalue weighted by atomic mass is 10.0. The summed E-state index contributed by atoms with van der Waals surface area (Å²) in [6.07, 6.45) is 0.968. The molecule has 0 aromatic heterocycles. The van der Waals surface area contributed by atoms with Crippen LogP contribution in [0.1, 0.15) is 32.8 Å². The third-order valence-corrected chi connectivity index (χ3v) is 6.01. The minimum Gasteiger partial charge on any atom is -0.493 e. The molecule has 0 aliphatic rings. The van der Waals surface area contributed by atoms with E-state index in [0.29, 0.717) is 38.7 Å². The summed E-state index contributed by atoms with van der Waals surface area (Å²) >= 11 is 15.5. The van der Waals surface area contributed by atoms with Crippen molar-refractivity contribution in [3.8, 4) is 17.2 Å². The first-order chi connectivity index (χ1) is 16.5. The number of hydrazone groups is 1. The minimum atomic E-state index is -0.901. The van der Waals surface area contributed by atoms with Gasteiger partial charge in [0, 0.05) is 15.1 Å². The molecule has 8 nitrogen and oxygen atoms in total. The molecule has 2 N–H and O–H groups in total. The van der Waals surface area contributed by atoms with Gasteiger partial charge >= 0.3 is 0 Å². The minimum absolute atomic E-state index is 0.136. The molecule has 0 aliphatic carbocycles. The summed E-state index contributed by atoms with van der Waals surface area (Å²) in [5.41, 5.74) is 3.15. The molecule has 2 amide bonds. The molecular formula is C24H28BrCl2N3O5. The molecule has 35 heavy (non-hydrogen) atoms. The van der Waals surface area contributed by atoms with E-state index in [-0.39, 0.29) is 10.9 Å². The number of nitrogens with one attached hydrogen (secondary N) is 2. The van der Waals surface area contributed by atoms with Crippen LogP contribution in [0, 0.1) is 5.92 Å². The van der Waals surface area contributed by atoms with E-state index in [0.717, 1.165) is 0 Å². The summed E-state index contributed by atoms with van der Waals surface area (Å²) in [6, 6.07) is 7.34. The second kappa shape index (κ2) is 13.6. The van der Waals surface area contributed by atoms with E-state index >= 15 is 0 Å². The molecule has 0 saturated carbocycles. The van der Waals surface area contributed by atoms with E-state index in [2.05, 4.69) is 31.8 Å². The predicted molar refractivity (Wildman–Crippen MR) is 141 cm³/mol. The normalized spacial score (nSPS) is 12.8. The number of ether oxygens (including phenoxy) is 3. The fourth-order valence-corrected chi connectivity index (χ4v) is 3.90. The number of rotatable bonds is 11. The summed E-state index contributed by atoms with van der Waals surface area (Å²) in [5, 5.41) is 7.50. The van der Waals surface area contributed by atoms with E-state index in [9.17, 15) is 9.59 Å². The number of carbonyl (C=O) groups is 2. The van der Waals surface area contributed by atoms with Crippen molar-refractivity contribution in [2.75, 3.05) is 14.2 Å². The van der Waals surface area contributed by atoms with Gasteiger partial charge in [-0.15, -0.1) is 0 Å². The SMILES string of the molecule is COc1cc(Br)c(/C=N\NC(=O)[C@H](CC(C)C)NC(=O)[C@H](C)Oc2ccc(Cl)cc2Cl)cc1OC. The molecule has 2 aromatic rings. The lowest BCUT2D eigenvalue weighted by Crippen LogP contribution is -2.49. The van der Waals surface area contributed by atoms with Crippen LogP contribution in [0.3, 0.4) is 0 Å². The molecule has 0 aliphatic heterocycles. The maximum atomic E-state index is 12.8. The average Bonchev–Trinajstić information content (AvgIpc) is 2.80. The smallest absolute Gasteiger partial charge is 0.262 e. The molecule has 0 radical (unpaired) electrons. The van der Waals surface area contributed by atoms with Crippen LogP contribution < -0.4 is 25.0 Å². The standard InChI is InChI=1S/C24H28BrCl2N3O5/c1-13(2)8-19(29-23(31)14(3)35-20-7-6-16(26)10-18(20)27)24(32)30-28-12-15-9-21(33-4)22(34-5)11-17(15)25/h6-7,9-14,19H,8H2,1-5H3,(H,29,31)(H,30,32)/b28-12-/t14-,19-/m0/s1. The van der Waals surface area contributed by atoms with E-state index in [1.54, 1.807) is 31.2 Å². The number of hydrogen-bond donors (Lipinski definition) is 2. The van der Waals surface area contributed by atoms with Crippen molar-refractivity contribution in [3.05, 3.63) is 50.4 Å². The monoisotopic (exact) mass is 587 g/mol. The largest absolute Gasteiger partial charge is 0.493 e. The van der Waals surface area contributed by atoms with Crippen LogP contribution in [-0.4, -0.2) is 44.4 Å². The van der Waals surface area contributed by atoms with Gasteiger partial charge in [0.1, 0.15) is 11.8 Å². The van der Waals surface area contributed by atoms with Gasteiger partial charge in [-0.25, -0.2) is 5.43 Å². The number of nitrogens with zero attached hydrogens (tertiary/aromatic N) is 1. The van der Waals surface area contributed by atoms with Crippen molar-refractivity contribution < 1.29 is 23.8 Å². The van der Waals surface area contributed by atoms with Crippen molar-refractivity contribution in [3.63, 3.8) is 0 Å². The molecule has 0 saturated heterocycles. The summed E-state index contributed by atoms with van der Waals surface area (Å²) in [6.45, 7) is 5.46. The highest BCUT2D eigenvalue weighted by molar-refractivity contribution is 9.10. The maximum absolute atomic E-state index is 12.8. The number of hydrogen-bond acceptors (Lipinski definition) is 6. The van der Waals surface area contributed by atoms with E-state index in [1.165, 1.54) is 26.5 Å². The van der Waals surface area contributed by atoms with Crippen LogP contribution in [0.25, 0.3) is 0 Å². The molecule has 0 unspecified atom stereocenters. The predicted octanol–water partition coefficient (Wildman–Crippen LogP) is 5.22. The van der Waals surface area contributed by atoms with Crippen LogP contribution in [0.2, 0.25) is 10.0 Å². The lowest BCUT2D eigenvalue weighted by Gasteiger charge is -2.22. The van der Waals surface area contributed by atoms with Crippen LogP contribution >= 0.6 is 39.1 Å². The topological polar surface area (TPSA) is 98.2 Å². The fraction of sp³-hybridized carbons (Fsp3) is 0.375. The molecule has 0 spiro atoms. The van der Waals surface area contributed by atoms with Gasteiger partial charge in [0.2, 0.25) is 0 Å². The zero-order valence-corrected chi connectivity index (χ0v) is 23.1. The number of amides is 2. The first-order valence-electron chi connectivity index (χ1n) is 10.7. The summed E-state index contributed by atoms with van der Waals surface area (Å²) in [5.74, 6) is 0.588. The van der Waals surface area contributed by atoms with Crippen LogP contribution in [0.15, 0.2) is 39.9 Å². The summed E-state index contributed by atoms with van der Waals surface area (Å²) in [4.78, 5) is 25.6. The highest BCUT2D eigenvalue weighted by Crippen LogP contribution is 2.32. The Morgan fingerprint density at radius 1 is 1.03 bits per heavy atom. The quantitative estimate of drug-likeness (QED) is 0.277. The van der Waals surface area contributed by atoms with Gasteiger partial charge in [0.05, 0.1) is 25.5 Å². The fourth-order valence-electron chi connectivity index (χ4n) is 3.02. The first-order valence-corrected chi connectivity index (χ1v) is 12.3. The zero-order valence-electron chi connectivity index (χ0n) is 20.0. The maximum Gasteiger partial charge on any atom is 0.262 e. The Morgan fingerprint density at radius 3 is 2.29 bits per heavy atom. The van der Waals surface area contributed by atoms with E-state index in [1.807, 2.05) is 13.8 Å². The Bertz CT molecular complexity index is 1080. The van der Waals surface area contributed by atoms with Crippen LogP contribution in [-0.2, 0) is 9.59 Å². The zero-order chi connectivity index (χ0) is 26.1. The number of methoxy groups -OCH3 is 2. The third-order valence-electron chi connectivity index (χ3n) is 4.79. The number of halogens is 3. The molecule has 2 rings (SSSR count). The van der Waals surface area contributed by atoms with Crippen LogP contribution in [0.4, 0.5) is 0 Å². The van der Waals surface area contributed by atoms with Gasteiger partial charge in [0.15, 0.2) is 17.6 Å². The molecular weight excluding hydrogens is 561 g/mol. The van der Waals surface area contributed by atoms with Gasteiger partial charge in [-0.3, -0.25) is 9.59 Å². The van der Waals surface area contributed by atoms with Gasteiger partial charge in [-0.1, -0.05) is 37.0 Å². The van der Waals surface area contributed by atoms with E-state index < -0.39 is 24.0 Å². The van der Waals surface area contributed by atoms with Gasteiger partial charge in [0.25, 0.3) is 11.8 Å². The molecule has 0 heterocycles.